The van der Waals surface area contributed by atoms with Gasteiger partial charge in [0.1, 0.15) is 0 Å². The molecule has 0 amide bonds. The molecule has 14 heavy (non-hydrogen) atoms. The molecule has 0 radical (unpaired) electrons. The third-order valence-corrected chi connectivity index (χ3v) is 1.96. The molecule has 0 saturated carbocycles. The van der Waals surface area contributed by atoms with Gasteiger partial charge in [0.05, 0.1) is 0 Å². The van der Waals surface area contributed by atoms with Crippen LogP contribution >= 0.6 is 0 Å². The highest BCUT2D eigenvalue weighted by atomic mass is 16.7. The molecular formula is C9H8O5. The molecule has 1 heterocycles. The van der Waals surface area contributed by atoms with Crippen molar-refractivity contribution in [3.63, 3.8) is 0 Å². The maximum absolute atomic E-state index is 10.6. The van der Waals surface area contributed by atoms with Gasteiger partial charge in [0.2, 0.25) is 6.79 Å². The number of hydrogen-bond donors (Lipinski definition) is 2. The van der Waals surface area contributed by atoms with E-state index in [1.807, 2.05) is 0 Å². The molecule has 1 aliphatic heterocycles. The van der Waals surface area contributed by atoms with Crippen LogP contribution in [0.3, 0.4) is 0 Å². The SMILES string of the molecule is O=C(O)C(O)c1cccc2c1OCO2. The van der Waals surface area contributed by atoms with Crippen LogP contribution in [-0.4, -0.2) is 23.0 Å². The van der Waals surface area contributed by atoms with Crippen molar-refractivity contribution >= 4 is 5.97 Å². The Labute approximate surface area is 79.5 Å². The summed E-state index contributed by atoms with van der Waals surface area (Å²) >= 11 is 0. The predicted octanol–water partition coefficient (Wildman–Crippen LogP) is 0.533. The van der Waals surface area contributed by atoms with E-state index in [0.29, 0.717) is 11.5 Å². The van der Waals surface area contributed by atoms with E-state index in [4.69, 9.17) is 14.6 Å². The second-order valence-electron chi connectivity index (χ2n) is 2.82. The number of benzene rings is 1. The smallest absolute Gasteiger partial charge is 0.337 e. The van der Waals surface area contributed by atoms with E-state index >= 15 is 0 Å². The summed E-state index contributed by atoms with van der Waals surface area (Å²) in [5.41, 5.74) is 0.215. The topological polar surface area (TPSA) is 76.0 Å². The van der Waals surface area contributed by atoms with Crippen LogP contribution in [0, 0.1) is 0 Å². The molecular weight excluding hydrogens is 188 g/mol. The van der Waals surface area contributed by atoms with Gasteiger partial charge in [0.15, 0.2) is 17.6 Å². The van der Waals surface area contributed by atoms with Crippen LogP contribution in [-0.2, 0) is 4.79 Å². The average molecular weight is 196 g/mol. The highest BCUT2D eigenvalue weighted by Crippen LogP contribution is 2.38. The summed E-state index contributed by atoms with van der Waals surface area (Å²) < 4.78 is 10.1. The highest BCUT2D eigenvalue weighted by Gasteiger charge is 2.25. The number of aliphatic hydroxyl groups excluding tert-OH is 1. The highest BCUT2D eigenvalue weighted by molar-refractivity contribution is 5.76. The van der Waals surface area contributed by atoms with Gasteiger partial charge >= 0.3 is 5.97 Å². The molecule has 74 valence electrons. The number of para-hydroxylation sites is 1. The Morgan fingerprint density at radius 2 is 2.21 bits per heavy atom. The molecule has 1 aromatic rings. The molecule has 0 saturated heterocycles. The largest absolute Gasteiger partial charge is 0.479 e. The van der Waals surface area contributed by atoms with Gasteiger partial charge < -0.3 is 19.7 Å². The van der Waals surface area contributed by atoms with Crippen LogP contribution in [0.15, 0.2) is 18.2 Å². The number of carboxylic acids is 1. The molecule has 0 fully saturated rings. The fraction of sp³-hybridized carbons (Fsp3) is 0.222. The van der Waals surface area contributed by atoms with Gasteiger partial charge in [-0.05, 0) is 6.07 Å². The van der Waals surface area contributed by atoms with E-state index in [-0.39, 0.29) is 12.4 Å². The predicted molar refractivity (Wildman–Crippen MR) is 45.2 cm³/mol. The Bertz CT molecular complexity index is 373. The summed E-state index contributed by atoms with van der Waals surface area (Å²) in [5, 5.41) is 17.9. The van der Waals surface area contributed by atoms with Crippen molar-refractivity contribution in [3.05, 3.63) is 23.8 Å². The third kappa shape index (κ3) is 1.27. The van der Waals surface area contributed by atoms with Crippen LogP contribution < -0.4 is 9.47 Å². The van der Waals surface area contributed by atoms with E-state index in [1.54, 1.807) is 12.1 Å². The molecule has 1 aliphatic rings. The van der Waals surface area contributed by atoms with Crippen LogP contribution in [0.2, 0.25) is 0 Å². The lowest BCUT2D eigenvalue weighted by molar-refractivity contribution is -0.147. The molecule has 1 aromatic carbocycles. The fourth-order valence-corrected chi connectivity index (χ4v) is 1.30. The summed E-state index contributed by atoms with van der Waals surface area (Å²) in [6.45, 7) is 0.0543. The van der Waals surface area contributed by atoms with Crippen molar-refractivity contribution in [2.75, 3.05) is 6.79 Å². The molecule has 5 heteroatoms. The van der Waals surface area contributed by atoms with E-state index in [2.05, 4.69) is 0 Å². The Morgan fingerprint density at radius 3 is 2.93 bits per heavy atom. The minimum Gasteiger partial charge on any atom is -0.479 e. The van der Waals surface area contributed by atoms with E-state index in [9.17, 15) is 9.90 Å². The summed E-state index contributed by atoms with van der Waals surface area (Å²) in [7, 11) is 0. The van der Waals surface area contributed by atoms with E-state index in [1.165, 1.54) is 6.07 Å². The Kier molecular flexibility index (Phi) is 2.01. The number of aliphatic hydroxyl groups is 1. The standard InChI is InChI=1S/C9H8O5/c10-7(9(11)12)5-2-1-3-6-8(5)14-4-13-6/h1-3,7,10H,4H2,(H,11,12). The zero-order valence-electron chi connectivity index (χ0n) is 7.14. The van der Waals surface area contributed by atoms with Gasteiger partial charge in [0.25, 0.3) is 0 Å². The lowest BCUT2D eigenvalue weighted by atomic mass is 10.1. The molecule has 0 bridgehead atoms. The van der Waals surface area contributed by atoms with E-state index in [0.717, 1.165) is 0 Å². The monoisotopic (exact) mass is 196 g/mol. The zero-order chi connectivity index (χ0) is 10.1. The van der Waals surface area contributed by atoms with Gasteiger partial charge in [-0.3, -0.25) is 0 Å². The second kappa shape index (κ2) is 3.19. The Balaban J connectivity index is 2.44. The first-order chi connectivity index (χ1) is 6.70. The summed E-state index contributed by atoms with van der Waals surface area (Å²) in [6.07, 6.45) is -1.58. The molecule has 0 aliphatic carbocycles. The maximum atomic E-state index is 10.6. The zero-order valence-corrected chi connectivity index (χ0v) is 7.14. The van der Waals surface area contributed by atoms with Gasteiger partial charge in [-0.25, -0.2) is 4.79 Å². The average Bonchev–Trinajstić information content (AvgIpc) is 2.63. The molecule has 1 atom stereocenters. The Hall–Kier alpha value is -1.75. The lowest BCUT2D eigenvalue weighted by Crippen LogP contribution is -2.11. The van der Waals surface area contributed by atoms with Crippen LogP contribution in [0.1, 0.15) is 11.7 Å². The number of aliphatic carboxylic acids is 1. The fourth-order valence-electron chi connectivity index (χ4n) is 1.30. The quantitative estimate of drug-likeness (QED) is 0.721. The molecule has 0 aromatic heterocycles. The second-order valence-corrected chi connectivity index (χ2v) is 2.82. The number of fused-ring (bicyclic) bond motifs is 1. The number of rotatable bonds is 2. The van der Waals surface area contributed by atoms with Gasteiger partial charge in [-0.2, -0.15) is 0 Å². The van der Waals surface area contributed by atoms with Crippen molar-refractivity contribution in [1.29, 1.82) is 0 Å². The maximum Gasteiger partial charge on any atom is 0.337 e. The normalized spacial score (nSPS) is 15.2. The van der Waals surface area contributed by atoms with Crippen molar-refractivity contribution in [1.82, 2.24) is 0 Å². The summed E-state index contributed by atoms with van der Waals surface area (Å²) in [6, 6.07) is 4.75. The van der Waals surface area contributed by atoms with Gasteiger partial charge in [-0.1, -0.05) is 12.1 Å². The summed E-state index contributed by atoms with van der Waals surface area (Å²) in [5.74, 6) is -0.542. The first-order valence-corrected chi connectivity index (χ1v) is 3.99. The molecule has 5 nitrogen and oxygen atoms in total. The molecule has 2 rings (SSSR count). The molecule has 0 spiro atoms. The first-order valence-electron chi connectivity index (χ1n) is 3.99. The lowest BCUT2D eigenvalue weighted by Gasteiger charge is -2.08. The van der Waals surface area contributed by atoms with Crippen LogP contribution in [0.5, 0.6) is 11.5 Å². The number of carboxylic acid groups (broad SMARTS) is 1. The minimum atomic E-state index is -1.58. The van der Waals surface area contributed by atoms with Crippen molar-refractivity contribution < 1.29 is 24.5 Å². The third-order valence-electron chi connectivity index (χ3n) is 1.96. The number of carbonyl (C=O) groups is 1. The first kappa shape index (κ1) is 8.83. The van der Waals surface area contributed by atoms with Crippen molar-refractivity contribution in [2.24, 2.45) is 0 Å². The molecule has 2 N–H and O–H groups in total. The summed E-state index contributed by atoms with van der Waals surface area (Å²) in [4.78, 5) is 10.6. The van der Waals surface area contributed by atoms with Crippen molar-refractivity contribution in [2.45, 2.75) is 6.10 Å². The van der Waals surface area contributed by atoms with Crippen LogP contribution in [0.25, 0.3) is 0 Å². The molecule has 1 unspecified atom stereocenters. The van der Waals surface area contributed by atoms with Crippen LogP contribution in [0.4, 0.5) is 0 Å². The minimum absolute atomic E-state index is 0.0543. The van der Waals surface area contributed by atoms with Gasteiger partial charge in [-0.15, -0.1) is 0 Å². The van der Waals surface area contributed by atoms with Gasteiger partial charge in [0, 0.05) is 5.56 Å². The number of hydrogen-bond acceptors (Lipinski definition) is 4. The van der Waals surface area contributed by atoms with E-state index < -0.39 is 12.1 Å². The Morgan fingerprint density at radius 1 is 1.43 bits per heavy atom. The number of ether oxygens (including phenoxy) is 2. The van der Waals surface area contributed by atoms with Crippen molar-refractivity contribution in [3.8, 4) is 11.5 Å².